The molecule has 0 aliphatic heterocycles. The lowest BCUT2D eigenvalue weighted by molar-refractivity contribution is 0.0699. The van der Waals surface area contributed by atoms with Crippen LogP contribution in [0.2, 0.25) is 0 Å². The van der Waals surface area contributed by atoms with Crippen LogP contribution in [0, 0.1) is 18.3 Å². The smallest absolute Gasteiger partial charge is 0.337 e. The number of nitrogens with one attached hydrogen (secondary N) is 1. The number of carboxylic acid groups (broad SMARTS) is 1. The fourth-order valence-electron chi connectivity index (χ4n) is 3.28. The number of hydrogen-bond acceptors (Lipinski definition) is 2. The molecule has 0 unspecified atom stereocenters. The highest BCUT2D eigenvalue weighted by Gasteiger charge is 2.16. The quantitative estimate of drug-likeness (QED) is 0.519. The first-order valence-electron chi connectivity index (χ1n) is 8.53. The predicted octanol–water partition coefficient (Wildman–Crippen LogP) is 5.38. The van der Waals surface area contributed by atoms with Crippen LogP contribution in [0.5, 0.6) is 0 Å². The summed E-state index contributed by atoms with van der Waals surface area (Å²) in [6, 6.07) is 21.6. The molecule has 0 bridgehead atoms. The van der Waals surface area contributed by atoms with E-state index in [1.165, 1.54) is 11.8 Å². The molecule has 1 heterocycles. The fraction of sp³-hybridized carbons (Fsp3) is 0.0435. The third-order valence-corrected chi connectivity index (χ3v) is 4.74. The van der Waals surface area contributed by atoms with Crippen LogP contribution in [0.25, 0.3) is 33.2 Å². The van der Waals surface area contributed by atoms with Gasteiger partial charge in [-0.25, -0.2) is 4.79 Å². The number of fused-ring (bicyclic) bond motifs is 1. The molecule has 2 N–H and O–H groups in total. The molecule has 0 radical (unpaired) electrons. The zero-order valence-corrected chi connectivity index (χ0v) is 14.7. The molecule has 0 aliphatic rings. The van der Waals surface area contributed by atoms with E-state index in [0.717, 1.165) is 27.8 Å². The van der Waals surface area contributed by atoms with Crippen LogP contribution in [0.4, 0.5) is 0 Å². The van der Waals surface area contributed by atoms with Gasteiger partial charge in [-0.05, 0) is 53.4 Å². The summed E-state index contributed by atoms with van der Waals surface area (Å²) in [4.78, 5) is 14.6. The molecule has 4 rings (SSSR count). The lowest BCUT2D eigenvalue weighted by Crippen LogP contribution is -1.94. The number of aryl methyl sites for hydroxylation is 1. The third kappa shape index (κ3) is 2.96. The molecule has 0 atom stereocenters. The summed E-state index contributed by atoms with van der Waals surface area (Å²) >= 11 is 0. The minimum Gasteiger partial charge on any atom is -0.478 e. The van der Waals surface area contributed by atoms with Gasteiger partial charge in [-0.3, -0.25) is 0 Å². The van der Waals surface area contributed by atoms with Crippen LogP contribution >= 0.6 is 0 Å². The van der Waals surface area contributed by atoms with Crippen molar-refractivity contribution in [1.82, 2.24) is 4.98 Å². The van der Waals surface area contributed by atoms with E-state index in [1.807, 2.05) is 31.2 Å². The first-order chi connectivity index (χ1) is 13.1. The Hall–Kier alpha value is -3.84. The SMILES string of the molecule is Cc1ccc(-c2cc3[nH]cc(C(=O)O)c3cc2-c2ccc(C#N)cc2)cc1. The summed E-state index contributed by atoms with van der Waals surface area (Å²) < 4.78 is 0. The maximum atomic E-state index is 11.5. The van der Waals surface area contributed by atoms with E-state index >= 15 is 0 Å². The van der Waals surface area contributed by atoms with Gasteiger partial charge >= 0.3 is 5.97 Å². The molecule has 4 aromatic rings. The average Bonchev–Trinajstić information content (AvgIpc) is 3.11. The van der Waals surface area contributed by atoms with Gasteiger partial charge < -0.3 is 10.1 Å². The topological polar surface area (TPSA) is 76.9 Å². The molecule has 27 heavy (non-hydrogen) atoms. The highest BCUT2D eigenvalue weighted by Crippen LogP contribution is 2.36. The van der Waals surface area contributed by atoms with Gasteiger partial charge in [0.15, 0.2) is 0 Å². The Morgan fingerprint density at radius 3 is 2.15 bits per heavy atom. The number of carboxylic acids is 1. The second-order valence-electron chi connectivity index (χ2n) is 6.51. The number of rotatable bonds is 3. The van der Waals surface area contributed by atoms with Crippen LogP contribution in [0.1, 0.15) is 21.5 Å². The van der Waals surface area contributed by atoms with Gasteiger partial charge in [-0.15, -0.1) is 0 Å². The molecule has 130 valence electrons. The lowest BCUT2D eigenvalue weighted by atomic mass is 9.92. The molecule has 0 fully saturated rings. The molecule has 0 spiro atoms. The minimum atomic E-state index is -0.963. The number of benzene rings is 3. The van der Waals surface area contributed by atoms with Crippen molar-refractivity contribution < 1.29 is 9.90 Å². The molecule has 3 aromatic carbocycles. The molecule has 0 amide bonds. The number of hydrogen-bond donors (Lipinski definition) is 2. The Morgan fingerprint density at radius 1 is 0.963 bits per heavy atom. The number of aromatic nitrogens is 1. The van der Waals surface area contributed by atoms with Crippen molar-refractivity contribution >= 4 is 16.9 Å². The molecule has 0 aliphatic carbocycles. The monoisotopic (exact) mass is 352 g/mol. The van der Waals surface area contributed by atoms with Gasteiger partial charge in [-0.2, -0.15) is 5.26 Å². The van der Waals surface area contributed by atoms with E-state index in [0.29, 0.717) is 10.9 Å². The highest BCUT2D eigenvalue weighted by atomic mass is 16.4. The Balaban J connectivity index is 2.00. The highest BCUT2D eigenvalue weighted by molar-refractivity contribution is 6.06. The summed E-state index contributed by atoms with van der Waals surface area (Å²) in [7, 11) is 0. The van der Waals surface area contributed by atoms with Crippen molar-refractivity contribution in [1.29, 1.82) is 5.26 Å². The Labute approximate surface area is 156 Å². The summed E-state index contributed by atoms with van der Waals surface area (Å²) in [5.74, 6) is -0.963. The fourth-order valence-corrected chi connectivity index (χ4v) is 3.28. The van der Waals surface area contributed by atoms with Crippen molar-refractivity contribution in [2.75, 3.05) is 0 Å². The third-order valence-electron chi connectivity index (χ3n) is 4.74. The van der Waals surface area contributed by atoms with Gasteiger partial charge in [0.2, 0.25) is 0 Å². The Morgan fingerprint density at radius 2 is 1.56 bits per heavy atom. The number of nitrogens with zero attached hydrogens (tertiary/aromatic N) is 1. The van der Waals surface area contributed by atoms with Gasteiger partial charge in [0.25, 0.3) is 0 Å². The van der Waals surface area contributed by atoms with E-state index in [-0.39, 0.29) is 5.56 Å². The maximum absolute atomic E-state index is 11.5. The molecule has 0 saturated heterocycles. The summed E-state index contributed by atoms with van der Waals surface area (Å²) in [6.07, 6.45) is 1.52. The van der Waals surface area contributed by atoms with E-state index in [2.05, 4.69) is 35.3 Å². The van der Waals surface area contributed by atoms with Gasteiger partial charge in [0.1, 0.15) is 0 Å². The number of aromatic amines is 1. The first-order valence-corrected chi connectivity index (χ1v) is 8.53. The van der Waals surface area contributed by atoms with Crippen LogP contribution in [-0.4, -0.2) is 16.1 Å². The second-order valence-corrected chi connectivity index (χ2v) is 6.51. The molecule has 1 aromatic heterocycles. The molecular formula is C23H16N2O2. The first kappa shape index (κ1) is 16.6. The summed E-state index contributed by atoms with van der Waals surface area (Å²) in [6.45, 7) is 2.04. The van der Waals surface area contributed by atoms with E-state index in [9.17, 15) is 9.90 Å². The number of H-pyrrole nitrogens is 1. The van der Waals surface area contributed by atoms with Gasteiger partial charge in [0.05, 0.1) is 17.2 Å². The largest absolute Gasteiger partial charge is 0.478 e. The number of aromatic carboxylic acids is 1. The van der Waals surface area contributed by atoms with Crippen molar-refractivity contribution in [3.05, 3.63) is 83.6 Å². The predicted molar refractivity (Wildman–Crippen MR) is 106 cm³/mol. The summed E-state index contributed by atoms with van der Waals surface area (Å²) in [5.41, 5.74) is 6.70. The number of carbonyl (C=O) groups is 1. The van der Waals surface area contributed by atoms with Crippen LogP contribution < -0.4 is 0 Å². The van der Waals surface area contributed by atoms with Crippen molar-refractivity contribution in [3.63, 3.8) is 0 Å². The van der Waals surface area contributed by atoms with E-state index in [1.54, 1.807) is 12.1 Å². The molecule has 4 heteroatoms. The number of nitriles is 1. The second kappa shape index (κ2) is 6.47. The van der Waals surface area contributed by atoms with E-state index in [4.69, 9.17) is 5.26 Å². The van der Waals surface area contributed by atoms with Crippen LogP contribution in [0.3, 0.4) is 0 Å². The summed E-state index contributed by atoms with van der Waals surface area (Å²) in [5, 5.41) is 19.2. The Bertz CT molecular complexity index is 1190. The normalized spacial score (nSPS) is 10.7. The minimum absolute atomic E-state index is 0.246. The van der Waals surface area contributed by atoms with Crippen molar-refractivity contribution in [2.24, 2.45) is 0 Å². The van der Waals surface area contributed by atoms with Gasteiger partial charge in [-0.1, -0.05) is 42.0 Å². The standard InChI is InChI=1S/C23H16N2O2/c1-14-2-6-16(7-3-14)19-11-22-20(21(13-25-22)23(26)27)10-18(19)17-8-4-15(12-24)5-9-17/h2-11,13,25H,1H3,(H,26,27). The average molecular weight is 352 g/mol. The zero-order valence-electron chi connectivity index (χ0n) is 14.7. The van der Waals surface area contributed by atoms with Gasteiger partial charge in [0, 0.05) is 17.1 Å². The lowest BCUT2D eigenvalue weighted by Gasteiger charge is -2.12. The van der Waals surface area contributed by atoms with Crippen LogP contribution in [0.15, 0.2) is 66.9 Å². The molecule has 4 nitrogen and oxygen atoms in total. The van der Waals surface area contributed by atoms with Crippen molar-refractivity contribution in [3.8, 4) is 28.3 Å². The van der Waals surface area contributed by atoms with Crippen LogP contribution in [-0.2, 0) is 0 Å². The van der Waals surface area contributed by atoms with E-state index < -0.39 is 5.97 Å². The molecular weight excluding hydrogens is 336 g/mol. The molecule has 0 saturated carbocycles. The maximum Gasteiger partial charge on any atom is 0.337 e. The van der Waals surface area contributed by atoms with Crippen molar-refractivity contribution in [2.45, 2.75) is 6.92 Å². The Kier molecular flexibility index (Phi) is 3.98. The zero-order chi connectivity index (χ0) is 19.0.